The van der Waals surface area contributed by atoms with Crippen molar-refractivity contribution in [1.29, 1.82) is 0 Å². The molecule has 0 atom stereocenters. The summed E-state index contributed by atoms with van der Waals surface area (Å²) in [5.74, 6) is 0.733. The second-order valence-electron chi connectivity index (χ2n) is 4.12. The lowest BCUT2D eigenvalue weighted by atomic mass is 10.1. The van der Waals surface area contributed by atoms with Gasteiger partial charge < -0.3 is 10.6 Å². The first kappa shape index (κ1) is 11.5. The van der Waals surface area contributed by atoms with Crippen molar-refractivity contribution < 1.29 is 0 Å². The molecule has 1 saturated heterocycles. The largest absolute Gasteiger partial charge is 0.370 e. The zero-order chi connectivity index (χ0) is 11.2. The number of hydrogen-bond acceptors (Lipinski definition) is 2. The predicted octanol–water partition coefficient (Wildman–Crippen LogP) is 2.09. The van der Waals surface area contributed by atoms with Gasteiger partial charge in [0.1, 0.15) is 0 Å². The fraction of sp³-hybridized carbons (Fsp3) is 0.583. The van der Waals surface area contributed by atoms with Crippen LogP contribution < -0.4 is 5.73 Å². The molecule has 0 amide bonds. The van der Waals surface area contributed by atoms with Crippen LogP contribution in [0.4, 0.5) is 0 Å². The molecule has 16 heavy (non-hydrogen) atoms. The molecule has 0 radical (unpaired) electrons. The molecule has 0 saturated carbocycles. The summed E-state index contributed by atoms with van der Waals surface area (Å²) in [4.78, 5) is 8.04. The summed E-state index contributed by atoms with van der Waals surface area (Å²) in [5, 5.41) is 2.10. The fourth-order valence-corrected chi connectivity index (χ4v) is 2.66. The molecule has 2 rings (SSSR count). The number of aliphatic imine (C=N–C) groups is 1. The number of rotatable bonds is 3. The van der Waals surface area contributed by atoms with E-state index in [9.17, 15) is 0 Å². The first-order valence-electron chi connectivity index (χ1n) is 5.93. The van der Waals surface area contributed by atoms with E-state index in [0.717, 1.165) is 32.0 Å². The highest BCUT2D eigenvalue weighted by atomic mass is 32.1. The van der Waals surface area contributed by atoms with Crippen LogP contribution in [0.3, 0.4) is 0 Å². The van der Waals surface area contributed by atoms with Crippen molar-refractivity contribution in [2.45, 2.75) is 25.7 Å². The van der Waals surface area contributed by atoms with E-state index in [1.165, 1.54) is 24.1 Å². The standard InChI is InChI=1S/C12H19N3S/c13-12(15-8-2-1-3-9-15)14-7-6-11-5-4-10-16-11/h4-5,10H,1-3,6-9H2,(H2,13,14). The monoisotopic (exact) mass is 237 g/mol. The third-order valence-electron chi connectivity index (χ3n) is 2.89. The number of hydrogen-bond donors (Lipinski definition) is 1. The molecule has 0 bridgehead atoms. The predicted molar refractivity (Wildman–Crippen MR) is 69.9 cm³/mol. The Morgan fingerprint density at radius 3 is 2.88 bits per heavy atom. The van der Waals surface area contributed by atoms with Gasteiger partial charge in [0.15, 0.2) is 5.96 Å². The summed E-state index contributed by atoms with van der Waals surface area (Å²) in [6, 6.07) is 4.23. The topological polar surface area (TPSA) is 41.6 Å². The quantitative estimate of drug-likeness (QED) is 0.646. The molecule has 3 nitrogen and oxygen atoms in total. The number of guanidine groups is 1. The first-order valence-corrected chi connectivity index (χ1v) is 6.81. The lowest BCUT2D eigenvalue weighted by Crippen LogP contribution is -2.41. The molecule has 1 aromatic rings. The van der Waals surface area contributed by atoms with Crippen LogP contribution in [-0.4, -0.2) is 30.5 Å². The maximum Gasteiger partial charge on any atom is 0.191 e. The van der Waals surface area contributed by atoms with Crippen molar-refractivity contribution in [2.75, 3.05) is 19.6 Å². The SMILES string of the molecule is NC(=NCCc1cccs1)N1CCCCC1. The van der Waals surface area contributed by atoms with Crippen LogP contribution in [-0.2, 0) is 6.42 Å². The van der Waals surface area contributed by atoms with E-state index in [4.69, 9.17) is 5.73 Å². The first-order chi connectivity index (χ1) is 7.86. The molecule has 1 aromatic heterocycles. The molecular weight excluding hydrogens is 218 g/mol. The molecule has 88 valence electrons. The van der Waals surface area contributed by atoms with Gasteiger partial charge in [0, 0.05) is 30.9 Å². The van der Waals surface area contributed by atoms with Gasteiger partial charge in [-0.25, -0.2) is 0 Å². The van der Waals surface area contributed by atoms with E-state index in [-0.39, 0.29) is 0 Å². The smallest absolute Gasteiger partial charge is 0.191 e. The van der Waals surface area contributed by atoms with E-state index >= 15 is 0 Å². The maximum absolute atomic E-state index is 5.97. The summed E-state index contributed by atoms with van der Waals surface area (Å²) >= 11 is 1.79. The van der Waals surface area contributed by atoms with Crippen molar-refractivity contribution in [3.63, 3.8) is 0 Å². The minimum atomic E-state index is 0.733. The highest BCUT2D eigenvalue weighted by molar-refractivity contribution is 7.09. The molecule has 1 fully saturated rings. The van der Waals surface area contributed by atoms with Crippen molar-refractivity contribution in [3.8, 4) is 0 Å². The second kappa shape index (κ2) is 5.89. The van der Waals surface area contributed by atoms with Gasteiger partial charge in [0.2, 0.25) is 0 Å². The number of likely N-dealkylation sites (tertiary alicyclic amines) is 1. The Morgan fingerprint density at radius 2 is 2.19 bits per heavy atom. The van der Waals surface area contributed by atoms with E-state index in [0.29, 0.717) is 0 Å². The normalized spacial score (nSPS) is 17.8. The molecule has 4 heteroatoms. The zero-order valence-corrected chi connectivity index (χ0v) is 10.4. The van der Waals surface area contributed by atoms with Gasteiger partial charge in [-0.05, 0) is 30.7 Å². The van der Waals surface area contributed by atoms with Gasteiger partial charge in [0.05, 0.1) is 0 Å². The van der Waals surface area contributed by atoms with Gasteiger partial charge in [-0.3, -0.25) is 4.99 Å². The Bertz CT molecular complexity index is 326. The average Bonchev–Trinajstić information content (AvgIpc) is 2.83. The number of nitrogens with two attached hydrogens (primary N) is 1. The second-order valence-corrected chi connectivity index (χ2v) is 5.15. The van der Waals surface area contributed by atoms with Gasteiger partial charge >= 0.3 is 0 Å². The van der Waals surface area contributed by atoms with E-state index < -0.39 is 0 Å². The van der Waals surface area contributed by atoms with Crippen LogP contribution in [0.5, 0.6) is 0 Å². The lowest BCUT2D eigenvalue weighted by Gasteiger charge is -2.27. The molecule has 1 aliphatic heterocycles. The number of thiophene rings is 1. The van der Waals surface area contributed by atoms with Crippen LogP contribution in [0.2, 0.25) is 0 Å². The highest BCUT2D eigenvalue weighted by Crippen LogP contribution is 2.10. The van der Waals surface area contributed by atoms with Crippen molar-refractivity contribution in [1.82, 2.24) is 4.90 Å². The van der Waals surface area contributed by atoms with E-state index in [1.54, 1.807) is 11.3 Å². The van der Waals surface area contributed by atoms with Crippen molar-refractivity contribution >= 4 is 17.3 Å². The Labute approximate surface area is 101 Å². The van der Waals surface area contributed by atoms with E-state index in [1.807, 2.05) is 0 Å². The molecular formula is C12H19N3S. The van der Waals surface area contributed by atoms with Crippen molar-refractivity contribution in [2.24, 2.45) is 10.7 Å². The third-order valence-corrected chi connectivity index (χ3v) is 3.83. The minimum absolute atomic E-state index is 0.733. The number of piperidine rings is 1. The summed E-state index contributed by atoms with van der Waals surface area (Å²) in [6.07, 6.45) is 4.84. The van der Waals surface area contributed by atoms with Crippen LogP contribution in [0.1, 0.15) is 24.1 Å². The Balaban J connectivity index is 1.77. The molecule has 0 aliphatic carbocycles. The molecule has 0 aromatic carbocycles. The zero-order valence-electron chi connectivity index (χ0n) is 9.56. The molecule has 0 unspecified atom stereocenters. The molecule has 2 heterocycles. The summed E-state index contributed by atoms with van der Waals surface area (Å²) in [5.41, 5.74) is 5.97. The maximum atomic E-state index is 5.97. The summed E-state index contributed by atoms with van der Waals surface area (Å²) in [6.45, 7) is 2.96. The fourth-order valence-electron chi connectivity index (χ4n) is 1.96. The number of nitrogens with zero attached hydrogens (tertiary/aromatic N) is 2. The summed E-state index contributed by atoms with van der Waals surface area (Å²) in [7, 11) is 0. The summed E-state index contributed by atoms with van der Waals surface area (Å²) < 4.78 is 0. The van der Waals surface area contributed by atoms with Gasteiger partial charge in [-0.15, -0.1) is 11.3 Å². The van der Waals surface area contributed by atoms with Gasteiger partial charge in [0.25, 0.3) is 0 Å². The minimum Gasteiger partial charge on any atom is -0.370 e. The van der Waals surface area contributed by atoms with Crippen LogP contribution in [0.25, 0.3) is 0 Å². The molecule has 0 spiro atoms. The Kier molecular flexibility index (Phi) is 4.22. The Hall–Kier alpha value is -1.03. The lowest BCUT2D eigenvalue weighted by molar-refractivity contribution is 0.338. The third kappa shape index (κ3) is 3.23. The average molecular weight is 237 g/mol. The van der Waals surface area contributed by atoms with Crippen LogP contribution in [0, 0.1) is 0 Å². The van der Waals surface area contributed by atoms with Gasteiger partial charge in [-0.2, -0.15) is 0 Å². The highest BCUT2D eigenvalue weighted by Gasteiger charge is 2.11. The van der Waals surface area contributed by atoms with Crippen LogP contribution in [0.15, 0.2) is 22.5 Å². The van der Waals surface area contributed by atoms with Gasteiger partial charge in [-0.1, -0.05) is 6.07 Å². The molecule has 2 N–H and O–H groups in total. The van der Waals surface area contributed by atoms with E-state index in [2.05, 4.69) is 27.4 Å². The van der Waals surface area contributed by atoms with Crippen LogP contribution >= 0.6 is 11.3 Å². The Morgan fingerprint density at radius 1 is 1.38 bits per heavy atom. The van der Waals surface area contributed by atoms with Crippen molar-refractivity contribution in [3.05, 3.63) is 22.4 Å². The molecule has 1 aliphatic rings.